The minimum atomic E-state index is -0.248. The van der Waals surface area contributed by atoms with E-state index in [0.29, 0.717) is 6.42 Å². The fourth-order valence-corrected chi connectivity index (χ4v) is 4.92. The quantitative estimate of drug-likeness (QED) is 0.122. The van der Waals surface area contributed by atoms with Crippen molar-refractivity contribution >= 4 is 5.97 Å². The van der Waals surface area contributed by atoms with Crippen molar-refractivity contribution in [1.82, 2.24) is 0 Å². The molecular formula is C36H48O3. The third-order valence-corrected chi connectivity index (χ3v) is 7.34. The van der Waals surface area contributed by atoms with E-state index in [0.717, 1.165) is 49.2 Å². The average Bonchev–Trinajstić information content (AvgIpc) is 2.97. The first-order valence-electron chi connectivity index (χ1n) is 15.2. The molecule has 0 amide bonds. The van der Waals surface area contributed by atoms with Gasteiger partial charge >= 0.3 is 5.97 Å². The van der Waals surface area contributed by atoms with Crippen LogP contribution in [-0.2, 0) is 9.53 Å². The molecule has 1 atom stereocenters. The Balaban J connectivity index is 1.54. The minimum Gasteiger partial charge on any atom is -0.494 e. The Labute approximate surface area is 237 Å². The summed E-state index contributed by atoms with van der Waals surface area (Å²) < 4.78 is 11.7. The molecule has 0 saturated carbocycles. The number of unbranched alkanes of at least 4 members (excludes halogenated alkanes) is 9. The third kappa shape index (κ3) is 10.5. The number of carbonyl (C=O) groups is 1. The van der Waals surface area contributed by atoms with E-state index in [1.54, 1.807) is 0 Å². The molecule has 3 heteroatoms. The summed E-state index contributed by atoms with van der Waals surface area (Å²) in [7, 11) is 0. The lowest BCUT2D eigenvalue weighted by atomic mass is 9.94. The van der Waals surface area contributed by atoms with E-state index in [2.05, 4.69) is 86.6 Å². The fraction of sp³-hybridized carbons (Fsp3) is 0.472. The second-order valence-electron chi connectivity index (χ2n) is 10.6. The lowest BCUT2D eigenvalue weighted by Crippen LogP contribution is -2.08. The molecule has 0 aliphatic rings. The zero-order valence-electron chi connectivity index (χ0n) is 24.4. The number of carbonyl (C=O) groups excluding carboxylic acids is 1. The van der Waals surface area contributed by atoms with Gasteiger partial charge in [0.05, 0.1) is 6.61 Å². The van der Waals surface area contributed by atoms with Crippen LogP contribution in [0.3, 0.4) is 0 Å². The summed E-state index contributed by atoms with van der Waals surface area (Å²) in [6, 6.07) is 25.3. The molecule has 0 spiro atoms. The predicted octanol–water partition coefficient (Wildman–Crippen LogP) is 10.7. The molecule has 1 unspecified atom stereocenters. The zero-order chi connectivity index (χ0) is 27.7. The molecule has 0 N–H and O–H groups in total. The fourth-order valence-electron chi connectivity index (χ4n) is 4.92. The SMILES string of the molecule is CCCCCCCCCCOc1ccc(-c2ccccc2-c2ccc(C(C)OC(=O)CCCCC)cc2)cc1. The van der Waals surface area contributed by atoms with Crippen LogP contribution in [0.4, 0.5) is 0 Å². The van der Waals surface area contributed by atoms with Crippen LogP contribution < -0.4 is 4.74 Å². The molecule has 0 radical (unpaired) electrons. The van der Waals surface area contributed by atoms with Crippen LogP contribution in [0.2, 0.25) is 0 Å². The average molecular weight is 529 g/mol. The van der Waals surface area contributed by atoms with E-state index in [-0.39, 0.29) is 12.1 Å². The van der Waals surface area contributed by atoms with Gasteiger partial charge in [-0.2, -0.15) is 0 Å². The Bertz CT molecular complexity index is 1090. The van der Waals surface area contributed by atoms with Crippen molar-refractivity contribution in [2.24, 2.45) is 0 Å². The van der Waals surface area contributed by atoms with Crippen molar-refractivity contribution in [3.63, 3.8) is 0 Å². The van der Waals surface area contributed by atoms with Gasteiger partial charge in [-0.25, -0.2) is 0 Å². The van der Waals surface area contributed by atoms with Crippen molar-refractivity contribution < 1.29 is 14.3 Å². The Hall–Kier alpha value is -3.07. The van der Waals surface area contributed by atoms with E-state index < -0.39 is 0 Å². The van der Waals surface area contributed by atoms with E-state index >= 15 is 0 Å². The summed E-state index contributed by atoms with van der Waals surface area (Å²) in [5, 5.41) is 0. The van der Waals surface area contributed by atoms with Crippen molar-refractivity contribution in [3.05, 3.63) is 78.4 Å². The number of hydrogen-bond acceptors (Lipinski definition) is 3. The standard InChI is InChI=1S/C36H48O3/c1-4-6-8-9-10-11-12-16-28-38-33-26-24-32(25-27-33)35-18-15-14-17-34(35)31-22-20-30(21-23-31)29(3)39-36(37)19-13-7-5-2/h14-15,17-18,20-27,29H,4-13,16,19,28H2,1-3H3. The Morgan fingerprint density at radius 1 is 0.641 bits per heavy atom. The molecule has 3 rings (SSSR count). The molecule has 0 aromatic heterocycles. The summed E-state index contributed by atoms with van der Waals surface area (Å²) in [5.41, 5.74) is 5.70. The molecule has 210 valence electrons. The maximum Gasteiger partial charge on any atom is 0.306 e. The maximum atomic E-state index is 12.1. The van der Waals surface area contributed by atoms with E-state index in [4.69, 9.17) is 9.47 Å². The first-order valence-corrected chi connectivity index (χ1v) is 15.2. The van der Waals surface area contributed by atoms with Crippen LogP contribution >= 0.6 is 0 Å². The monoisotopic (exact) mass is 528 g/mol. The van der Waals surface area contributed by atoms with Crippen LogP contribution in [0, 0.1) is 0 Å². The van der Waals surface area contributed by atoms with Gasteiger partial charge in [0.1, 0.15) is 11.9 Å². The number of benzene rings is 3. The maximum absolute atomic E-state index is 12.1. The van der Waals surface area contributed by atoms with Crippen LogP contribution in [0.1, 0.15) is 109 Å². The normalized spacial score (nSPS) is 11.8. The van der Waals surface area contributed by atoms with Gasteiger partial charge in [-0.3, -0.25) is 4.79 Å². The van der Waals surface area contributed by atoms with Gasteiger partial charge < -0.3 is 9.47 Å². The van der Waals surface area contributed by atoms with Crippen molar-refractivity contribution in [1.29, 1.82) is 0 Å². The smallest absolute Gasteiger partial charge is 0.306 e. The Morgan fingerprint density at radius 3 is 1.74 bits per heavy atom. The second-order valence-corrected chi connectivity index (χ2v) is 10.6. The lowest BCUT2D eigenvalue weighted by molar-refractivity contribution is -0.148. The summed E-state index contributed by atoms with van der Waals surface area (Å²) in [6.45, 7) is 7.12. The van der Waals surface area contributed by atoms with Crippen molar-refractivity contribution in [2.45, 2.75) is 104 Å². The number of esters is 1. The van der Waals surface area contributed by atoms with E-state index in [1.165, 1.54) is 61.6 Å². The number of rotatable bonds is 18. The molecule has 39 heavy (non-hydrogen) atoms. The van der Waals surface area contributed by atoms with Crippen LogP contribution in [0.25, 0.3) is 22.3 Å². The molecule has 3 nitrogen and oxygen atoms in total. The highest BCUT2D eigenvalue weighted by Crippen LogP contribution is 2.33. The highest BCUT2D eigenvalue weighted by Gasteiger charge is 2.13. The largest absolute Gasteiger partial charge is 0.494 e. The summed E-state index contributed by atoms with van der Waals surface area (Å²) in [6.07, 6.45) is 13.8. The van der Waals surface area contributed by atoms with Crippen LogP contribution in [0.15, 0.2) is 72.8 Å². The first kappa shape index (κ1) is 30.5. The molecule has 0 aliphatic heterocycles. The highest BCUT2D eigenvalue weighted by atomic mass is 16.5. The molecule has 0 saturated heterocycles. The van der Waals surface area contributed by atoms with E-state index in [9.17, 15) is 4.79 Å². The number of ether oxygens (including phenoxy) is 2. The molecular weight excluding hydrogens is 480 g/mol. The Kier molecular flexibility index (Phi) is 13.7. The van der Waals surface area contributed by atoms with Gasteiger partial charge in [-0.05, 0) is 59.7 Å². The van der Waals surface area contributed by atoms with Gasteiger partial charge in [0, 0.05) is 6.42 Å². The molecule has 3 aromatic carbocycles. The highest BCUT2D eigenvalue weighted by molar-refractivity contribution is 5.83. The van der Waals surface area contributed by atoms with Gasteiger partial charge in [0.15, 0.2) is 0 Å². The summed E-state index contributed by atoms with van der Waals surface area (Å²) >= 11 is 0. The predicted molar refractivity (Wildman–Crippen MR) is 164 cm³/mol. The molecule has 0 bridgehead atoms. The number of hydrogen-bond donors (Lipinski definition) is 0. The molecule has 0 fully saturated rings. The van der Waals surface area contributed by atoms with E-state index in [1.807, 2.05) is 6.92 Å². The molecule has 3 aromatic rings. The zero-order valence-corrected chi connectivity index (χ0v) is 24.4. The second kappa shape index (κ2) is 17.5. The Morgan fingerprint density at radius 2 is 1.15 bits per heavy atom. The molecule has 0 heterocycles. The first-order chi connectivity index (χ1) is 19.1. The van der Waals surface area contributed by atoms with Gasteiger partial charge in [0.2, 0.25) is 0 Å². The minimum absolute atomic E-state index is 0.115. The summed E-state index contributed by atoms with van der Waals surface area (Å²) in [5.74, 6) is 0.817. The van der Waals surface area contributed by atoms with Gasteiger partial charge in [-0.1, -0.05) is 132 Å². The van der Waals surface area contributed by atoms with Crippen molar-refractivity contribution in [2.75, 3.05) is 6.61 Å². The van der Waals surface area contributed by atoms with Crippen LogP contribution in [-0.4, -0.2) is 12.6 Å². The lowest BCUT2D eigenvalue weighted by Gasteiger charge is -2.15. The third-order valence-electron chi connectivity index (χ3n) is 7.34. The summed E-state index contributed by atoms with van der Waals surface area (Å²) in [4.78, 5) is 12.1. The van der Waals surface area contributed by atoms with Crippen LogP contribution in [0.5, 0.6) is 5.75 Å². The van der Waals surface area contributed by atoms with Crippen molar-refractivity contribution in [3.8, 4) is 28.0 Å². The van der Waals surface area contributed by atoms with Gasteiger partial charge in [0.25, 0.3) is 0 Å². The molecule has 0 aliphatic carbocycles. The topological polar surface area (TPSA) is 35.5 Å². The van der Waals surface area contributed by atoms with Gasteiger partial charge in [-0.15, -0.1) is 0 Å².